The first-order chi connectivity index (χ1) is 14.2. The average molecular weight is 420 g/mol. The van der Waals surface area contributed by atoms with Crippen LogP contribution in [0.1, 0.15) is 11.1 Å². The van der Waals surface area contributed by atoms with Gasteiger partial charge in [0, 0.05) is 10.6 Å². The van der Waals surface area contributed by atoms with E-state index in [1.165, 1.54) is 11.8 Å². The normalized spacial score (nSPS) is 18.1. The number of anilines is 1. The molecule has 0 unspecified atom stereocenters. The number of carbonyl (C=O) groups excluding carboxylic acids is 1. The number of amides is 1. The van der Waals surface area contributed by atoms with Crippen LogP contribution in [0.2, 0.25) is 5.02 Å². The van der Waals surface area contributed by atoms with Crippen LogP contribution in [-0.2, 0) is 11.2 Å². The number of hydrogen-bond donors (Lipinski definition) is 0. The first kappa shape index (κ1) is 19.4. The average Bonchev–Trinajstić information content (AvgIpc) is 3.06. The monoisotopic (exact) mass is 419 g/mol. The second-order valence-corrected chi connectivity index (χ2v) is 8.03. The first-order valence-corrected chi connectivity index (χ1v) is 10.4. The second kappa shape index (κ2) is 9.07. The van der Waals surface area contributed by atoms with Crippen molar-refractivity contribution in [3.63, 3.8) is 0 Å². The van der Waals surface area contributed by atoms with E-state index >= 15 is 0 Å². The lowest BCUT2D eigenvalue weighted by atomic mass is 10.1. The van der Waals surface area contributed by atoms with Gasteiger partial charge in [-0.1, -0.05) is 90.1 Å². The Kier molecular flexibility index (Phi) is 6.08. The zero-order valence-corrected chi connectivity index (χ0v) is 17.1. The van der Waals surface area contributed by atoms with Crippen molar-refractivity contribution in [1.29, 1.82) is 0 Å². The van der Waals surface area contributed by atoms with Gasteiger partial charge in [-0.15, -0.1) is 5.10 Å². The van der Waals surface area contributed by atoms with Crippen LogP contribution in [0.3, 0.4) is 0 Å². The molecule has 3 aromatic rings. The Morgan fingerprint density at radius 3 is 2.31 bits per heavy atom. The third-order valence-electron chi connectivity index (χ3n) is 4.46. The van der Waals surface area contributed by atoms with Gasteiger partial charge < -0.3 is 0 Å². The number of nitrogens with zero attached hydrogens (tertiary/aromatic N) is 3. The minimum absolute atomic E-state index is 0.0109. The van der Waals surface area contributed by atoms with Gasteiger partial charge in [0.1, 0.15) is 0 Å². The maximum Gasteiger partial charge on any atom is 0.247 e. The highest BCUT2D eigenvalue weighted by atomic mass is 35.5. The van der Waals surface area contributed by atoms with E-state index in [1.54, 1.807) is 17.2 Å². The smallest absolute Gasteiger partial charge is 0.247 e. The molecule has 1 heterocycles. The lowest BCUT2D eigenvalue weighted by Gasteiger charge is -2.15. The Morgan fingerprint density at radius 2 is 1.59 bits per heavy atom. The third-order valence-corrected chi connectivity index (χ3v) is 5.93. The molecule has 29 heavy (non-hydrogen) atoms. The molecular formula is C23H18ClN3OS. The van der Waals surface area contributed by atoms with Crippen molar-refractivity contribution >= 4 is 46.3 Å². The molecule has 0 bridgehead atoms. The van der Waals surface area contributed by atoms with Crippen molar-refractivity contribution < 1.29 is 4.79 Å². The Hall–Kier alpha value is -2.89. The predicted molar refractivity (Wildman–Crippen MR) is 122 cm³/mol. The van der Waals surface area contributed by atoms with Crippen LogP contribution < -0.4 is 4.90 Å². The molecule has 0 N–H and O–H groups in total. The van der Waals surface area contributed by atoms with Gasteiger partial charge in [-0.2, -0.15) is 5.10 Å². The maximum atomic E-state index is 13.2. The van der Waals surface area contributed by atoms with Crippen molar-refractivity contribution in [3.05, 3.63) is 101 Å². The molecule has 1 aliphatic heterocycles. The van der Waals surface area contributed by atoms with E-state index in [9.17, 15) is 4.79 Å². The highest BCUT2D eigenvalue weighted by molar-refractivity contribution is 8.16. The van der Waals surface area contributed by atoms with Crippen LogP contribution in [0.15, 0.2) is 95.1 Å². The number of benzene rings is 3. The molecule has 4 rings (SSSR count). The van der Waals surface area contributed by atoms with Gasteiger partial charge in [0.05, 0.1) is 17.2 Å². The van der Waals surface area contributed by atoms with Crippen LogP contribution in [0.5, 0.6) is 0 Å². The molecule has 1 saturated heterocycles. The lowest BCUT2D eigenvalue weighted by Crippen LogP contribution is -2.32. The van der Waals surface area contributed by atoms with Crippen LogP contribution in [0, 0.1) is 0 Å². The van der Waals surface area contributed by atoms with Gasteiger partial charge in [0.15, 0.2) is 5.17 Å². The molecule has 144 valence electrons. The molecule has 0 aliphatic carbocycles. The highest BCUT2D eigenvalue weighted by Gasteiger charge is 2.39. The van der Waals surface area contributed by atoms with Crippen molar-refractivity contribution in [1.82, 2.24) is 0 Å². The van der Waals surface area contributed by atoms with Crippen LogP contribution >= 0.6 is 23.4 Å². The number of hydrogen-bond acceptors (Lipinski definition) is 4. The summed E-state index contributed by atoms with van der Waals surface area (Å²) in [4.78, 5) is 14.8. The molecule has 0 spiro atoms. The van der Waals surface area contributed by atoms with Crippen LogP contribution in [0.4, 0.5) is 5.69 Å². The Morgan fingerprint density at radius 1 is 0.931 bits per heavy atom. The summed E-state index contributed by atoms with van der Waals surface area (Å²) in [5.74, 6) is 0.0109. The second-order valence-electron chi connectivity index (χ2n) is 6.45. The van der Waals surface area contributed by atoms with Crippen LogP contribution in [0.25, 0.3) is 0 Å². The number of para-hydroxylation sites is 1. The summed E-state index contributed by atoms with van der Waals surface area (Å²) < 4.78 is 0. The van der Waals surface area contributed by atoms with Gasteiger partial charge in [0.2, 0.25) is 5.91 Å². The summed E-state index contributed by atoms with van der Waals surface area (Å²) in [6, 6.07) is 27.0. The molecular weight excluding hydrogens is 402 g/mol. The van der Waals surface area contributed by atoms with E-state index in [4.69, 9.17) is 11.6 Å². The van der Waals surface area contributed by atoms with E-state index in [0.29, 0.717) is 16.6 Å². The summed E-state index contributed by atoms with van der Waals surface area (Å²) in [6.45, 7) is 0. The predicted octanol–water partition coefficient (Wildman–Crippen LogP) is 5.42. The zero-order chi connectivity index (χ0) is 20.1. The number of carbonyl (C=O) groups is 1. The van der Waals surface area contributed by atoms with Gasteiger partial charge in [-0.3, -0.25) is 9.69 Å². The summed E-state index contributed by atoms with van der Waals surface area (Å²) in [5, 5.41) is 9.48. The van der Waals surface area contributed by atoms with E-state index in [-0.39, 0.29) is 11.2 Å². The third kappa shape index (κ3) is 4.58. The summed E-state index contributed by atoms with van der Waals surface area (Å²) in [6.07, 6.45) is 2.25. The molecule has 3 aromatic carbocycles. The molecule has 0 radical (unpaired) electrons. The Labute approximate surface area is 178 Å². The number of thioether (sulfide) groups is 1. The summed E-state index contributed by atoms with van der Waals surface area (Å²) >= 11 is 7.61. The molecule has 1 atom stereocenters. The van der Waals surface area contributed by atoms with Gasteiger partial charge >= 0.3 is 0 Å². The Balaban J connectivity index is 1.62. The van der Waals surface area contributed by atoms with Crippen LogP contribution in [-0.4, -0.2) is 22.5 Å². The topological polar surface area (TPSA) is 45.0 Å². The van der Waals surface area contributed by atoms with Crippen molar-refractivity contribution in [3.8, 4) is 0 Å². The summed E-state index contributed by atoms with van der Waals surface area (Å²) in [5.41, 5.74) is 2.68. The molecule has 1 fully saturated rings. The van der Waals surface area contributed by atoms with Gasteiger partial charge in [-0.05, 0) is 30.2 Å². The van der Waals surface area contributed by atoms with E-state index in [0.717, 1.165) is 16.8 Å². The number of rotatable bonds is 5. The Bertz CT molecular complexity index is 1050. The standard InChI is InChI=1S/C23H18ClN3OS/c24-20-14-8-7-11-18(20)16-25-26-23-27(19-12-5-2-6-13-19)22(28)21(29-23)15-17-9-3-1-4-10-17/h1-14,16,21H,15H2/b25-16+,26-23+/t21-/m0/s1. The quantitative estimate of drug-likeness (QED) is 0.409. The molecule has 0 saturated carbocycles. The fourth-order valence-corrected chi connectivity index (χ4v) is 4.35. The largest absolute Gasteiger partial charge is 0.273 e. The minimum Gasteiger partial charge on any atom is -0.273 e. The molecule has 6 heteroatoms. The highest BCUT2D eigenvalue weighted by Crippen LogP contribution is 2.33. The van der Waals surface area contributed by atoms with E-state index < -0.39 is 0 Å². The SMILES string of the molecule is O=C1[C@H](Cc2ccccc2)S/C(=N/N=C/c2ccccc2Cl)N1c1ccccc1. The molecule has 4 nitrogen and oxygen atoms in total. The fourth-order valence-electron chi connectivity index (χ4n) is 3.03. The first-order valence-electron chi connectivity index (χ1n) is 9.17. The van der Waals surface area contributed by atoms with Crippen molar-refractivity contribution in [2.24, 2.45) is 10.2 Å². The molecule has 0 aromatic heterocycles. The number of halogens is 1. The molecule has 1 aliphatic rings. The molecule has 1 amide bonds. The fraction of sp³-hybridized carbons (Fsp3) is 0.0870. The number of amidine groups is 1. The zero-order valence-electron chi connectivity index (χ0n) is 15.5. The van der Waals surface area contributed by atoms with E-state index in [1.807, 2.05) is 78.9 Å². The maximum absolute atomic E-state index is 13.2. The minimum atomic E-state index is -0.244. The van der Waals surface area contributed by atoms with Crippen molar-refractivity contribution in [2.45, 2.75) is 11.7 Å². The van der Waals surface area contributed by atoms with Gasteiger partial charge in [-0.25, -0.2) is 0 Å². The summed E-state index contributed by atoms with van der Waals surface area (Å²) in [7, 11) is 0. The lowest BCUT2D eigenvalue weighted by molar-refractivity contribution is -0.116. The van der Waals surface area contributed by atoms with Gasteiger partial charge in [0.25, 0.3) is 0 Å². The van der Waals surface area contributed by atoms with Crippen molar-refractivity contribution in [2.75, 3.05) is 4.90 Å². The van der Waals surface area contributed by atoms with E-state index in [2.05, 4.69) is 10.2 Å².